The van der Waals surface area contributed by atoms with Gasteiger partial charge in [0.15, 0.2) is 11.5 Å². The van der Waals surface area contributed by atoms with Crippen LogP contribution in [0, 0.1) is 6.92 Å². The monoisotopic (exact) mass is 431 g/mol. The quantitative estimate of drug-likeness (QED) is 0.336. The summed E-state index contributed by atoms with van der Waals surface area (Å²) >= 11 is 3.42. The molecule has 0 unspecified atom stereocenters. The number of hydrogen-bond donors (Lipinski definition) is 3. The first-order valence-electron chi connectivity index (χ1n) is 8.40. The van der Waals surface area contributed by atoms with Crippen molar-refractivity contribution < 1.29 is 14.6 Å². The molecule has 0 aliphatic rings. The summed E-state index contributed by atoms with van der Waals surface area (Å²) in [6.07, 6.45) is 3.67. The predicted molar refractivity (Wildman–Crippen MR) is 112 cm³/mol. The van der Waals surface area contributed by atoms with Crippen LogP contribution in [0.15, 0.2) is 52.6 Å². The number of nitrogens with one attached hydrogen (secondary N) is 2. The van der Waals surface area contributed by atoms with Crippen molar-refractivity contribution in [3.8, 4) is 11.5 Å². The molecular weight excluding hydrogens is 410 g/mol. The number of aromatic hydroxyl groups is 1. The molecule has 0 spiro atoms. The summed E-state index contributed by atoms with van der Waals surface area (Å²) in [5.74, 6) is 0.457. The molecule has 2 aromatic rings. The molecule has 2 aromatic carbocycles. The van der Waals surface area contributed by atoms with E-state index < -0.39 is 6.03 Å². The van der Waals surface area contributed by atoms with Crippen LogP contribution in [0.25, 0.3) is 0 Å². The number of aryl methyl sites for hydroxylation is 1. The molecule has 0 bridgehead atoms. The number of halogens is 1. The summed E-state index contributed by atoms with van der Waals surface area (Å²) in [6, 6.07) is 8.47. The molecule has 0 fully saturated rings. The van der Waals surface area contributed by atoms with Crippen LogP contribution in [0.4, 0.5) is 10.5 Å². The zero-order valence-corrected chi connectivity index (χ0v) is 16.8. The van der Waals surface area contributed by atoms with E-state index in [0.29, 0.717) is 35.6 Å². The van der Waals surface area contributed by atoms with Crippen LogP contribution in [0.3, 0.4) is 0 Å². The molecule has 142 valence electrons. The van der Waals surface area contributed by atoms with Crippen molar-refractivity contribution in [3.63, 3.8) is 0 Å². The SMILES string of the molecule is C=CCc1cc(/C=N/NC(=O)Nc2ccc(Br)c(C)c2)cc(OCC)c1O. The van der Waals surface area contributed by atoms with Gasteiger partial charge in [0, 0.05) is 15.7 Å². The molecule has 3 N–H and O–H groups in total. The van der Waals surface area contributed by atoms with E-state index in [1.165, 1.54) is 6.21 Å². The molecule has 0 atom stereocenters. The van der Waals surface area contributed by atoms with Crippen LogP contribution in [0.2, 0.25) is 0 Å². The number of allylic oxidation sites excluding steroid dienone is 1. The Morgan fingerprint density at radius 2 is 2.15 bits per heavy atom. The highest BCUT2D eigenvalue weighted by atomic mass is 79.9. The molecule has 2 amide bonds. The van der Waals surface area contributed by atoms with E-state index >= 15 is 0 Å². The van der Waals surface area contributed by atoms with Crippen molar-refractivity contribution in [2.24, 2.45) is 5.10 Å². The zero-order valence-electron chi connectivity index (χ0n) is 15.3. The lowest BCUT2D eigenvalue weighted by Gasteiger charge is -2.11. The average molecular weight is 432 g/mol. The highest BCUT2D eigenvalue weighted by Gasteiger charge is 2.09. The fourth-order valence-corrected chi connectivity index (χ4v) is 2.63. The van der Waals surface area contributed by atoms with Gasteiger partial charge in [-0.05, 0) is 61.7 Å². The molecule has 0 aromatic heterocycles. The van der Waals surface area contributed by atoms with Gasteiger partial charge in [-0.3, -0.25) is 0 Å². The maximum Gasteiger partial charge on any atom is 0.339 e. The van der Waals surface area contributed by atoms with Crippen LogP contribution in [-0.4, -0.2) is 24.0 Å². The minimum absolute atomic E-state index is 0.0882. The van der Waals surface area contributed by atoms with Gasteiger partial charge in [-0.2, -0.15) is 5.10 Å². The van der Waals surface area contributed by atoms with Gasteiger partial charge in [-0.15, -0.1) is 6.58 Å². The van der Waals surface area contributed by atoms with E-state index in [4.69, 9.17) is 4.74 Å². The van der Waals surface area contributed by atoms with Crippen molar-refractivity contribution in [1.82, 2.24) is 5.43 Å². The Morgan fingerprint density at radius 3 is 2.81 bits per heavy atom. The molecule has 7 heteroatoms. The van der Waals surface area contributed by atoms with Crippen LogP contribution in [-0.2, 0) is 6.42 Å². The minimum Gasteiger partial charge on any atom is -0.504 e. The molecule has 0 saturated heterocycles. The molecular formula is C20H22BrN3O3. The maximum absolute atomic E-state index is 12.0. The van der Waals surface area contributed by atoms with Crippen molar-refractivity contribution >= 4 is 33.9 Å². The summed E-state index contributed by atoms with van der Waals surface area (Å²) in [4.78, 5) is 12.0. The number of rotatable bonds is 7. The molecule has 0 heterocycles. The largest absolute Gasteiger partial charge is 0.504 e. The van der Waals surface area contributed by atoms with Gasteiger partial charge in [0.25, 0.3) is 0 Å². The van der Waals surface area contributed by atoms with Crippen molar-refractivity contribution in [2.45, 2.75) is 20.3 Å². The number of phenols is 1. The summed E-state index contributed by atoms with van der Waals surface area (Å²) in [6.45, 7) is 7.88. The normalized spacial score (nSPS) is 10.6. The van der Waals surface area contributed by atoms with Crippen LogP contribution in [0.1, 0.15) is 23.6 Å². The zero-order chi connectivity index (χ0) is 19.8. The van der Waals surface area contributed by atoms with E-state index in [-0.39, 0.29) is 5.75 Å². The Balaban J connectivity index is 2.06. The average Bonchev–Trinajstić information content (AvgIpc) is 2.62. The predicted octanol–water partition coefficient (Wildman–Crippen LogP) is 4.75. The number of nitrogens with zero attached hydrogens (tertiary/aromatic N) is 1. The number of ether oxygens (including phenoxy) is 1. The highest BCUT2D eigenvalue weighted by molar-refractivity contribution is 9.10. The molecule has 0 radical (unpaired) electrons. The number of phenolic OH excluding ortho intramolecular Hbond substituents is 1. The lowest BCUT2D eigenvalue weighted by Crippen LogP contribution is -2.24. The Morgan fingerprint density at radius 1 is 1.37 bits per heavy atom. The first-order valence-corrected chi connectivity index (χ1v) is 9.19. The van der Waals surface area contributed by atoms with E-state index in [2.05, 4.69) is 38.4 Å². The first-order chi connectivity index (χ1) is 12.9. The van der Waals surface area contributed by atoms with Crippen molar-refractivity contribution in [3.05, 3.63) is 64.1 Å². The van der Waals surface area contributed by atoms with E-state index in [9.17, 15) is 9.90 Å². The van der Waals surface area contributed by atoms with Gasteiger partial charge in [0.2, 0.25) is 0 Å². The molecule has 0 aliphatic carbocycles. The Labute approximate surface area is 167 Å². The Kier molecular flexibility index (Phi) is 7.43. The van der Waals surface area contributed by atoms with Gasteiger partial charge in [-0.25, -0.2) is 10.2 Å². The van der Waals surface area contributed by atoms with E-state index in [1.807, 2.05) is 26.0 Å². The second-order valence-corrected chi connectivity index (χ2v) is 6.60. The molecule has 27 heavy (non-hydrogen) atoms. The van der Waals surface area contributed by atoms with Crippen LogP contribution in [0.5, 0.6) is 11.5 Å². The number of hydrogen-bond acceptors (Lipinski definition) is 4. The fourth-order valence-electron chi connectivity index (χ4n) is 2.39. The second-order valence-electron chi connectivity index (χ2n) is 5.74. The maximum atomic E-state index is 12.0. The first kappa shape index (κ1) is 20.5. The van der Waals surface area contributed by atoms with E-state index in [0.717, 1.165) is 10.0 Å². The number of amides is 2. The lowest BCUT2D eigenvalue weighted by atomic mass is 10.1. The Bertz CT molecular complexity index is 866. The molecule has 0 aliphatic heterocycles. The van der Waals surface area contributed by atoms with Gasteiger partial charge >= 0.3 is 6.03 Å². The topological polar surface area (TPSA) is 83.0 Å². The fraction of sp³-hybridized carbons (Fsp3) is 0.200. The van der Waals surface area contributed by atoms with Crippen molar-refractivity contribution in [1.29, 1.82) is 0 Å². The number of anilines is 1. The number of hydrazone groups is 1. The summed E-state index contributed by atoms with van der Waals surface area (Å²) in [5.41, 5.74) is 5.46. The third-order valence-corrected chi connectivity index (χ3v) is 4.53. The minimum atomic E-state index is -0.455. The third kappa shape index (κ3) is 5.86. The summed E-state index contributed by atoms with van der Waals surface area (Å²) in [5, 5.41) is 16.9. The Hall–Kier alpha value is -2.80. The lowest BCUT2D eigenvalue weighted by molar-refractivity contribution is 0.252. The van der Waals surface area contributed by atoms with Gasteiger partial charge in [0.1, 0.15) is 0 Å². The second kappa shape index (κ2) is 9.78. The van der Waals surface area contributed by atoms with Crippen LogP contribution < -0.4 is 15.5 Å². The number of urea groups is 1. The van der Waals surface area contributed by atoms with Crippen LogP contribution >= 0.6 is 15.9 Å². The van der Waals surface area contributed by atoms with Gasteiger partial charge in [0.05, 0.1) is 12.8 Å². The number of carbonyl (C=O) groups is 1. The standard InChI is InChI=1S/C20H22BrN3O3/c1-4-6-15-10-14(11-18(19(15)25)27-5-2)12-22-24-20(26)23-16-7-8-17(21)13(3)9-16/h4,7-12,25H,1,5-6H2,2-3H3,(H2,23,24,26)/b22-12+. The molecule has 0 saturated carbocycles. The van der Waals surface area contributed by atoms with Crippen molar-refractivity contribution in [2.75, 3.05) is 11.9 Å². The van der Waals surface area contributed by atoms with Gasteiger partial charge in [-0.1, -0.05) is 22.0 Å². The number of benzene rings is 2. The van der Waals surface area contributed by atoms with E-state index in [1.54, 1.807) is 24.3 Å². The molecule has 6 nitrogen and oxygen atoms in total. The third-order valence-electron chi connectivity index (χ3n) is 3.64. The molecule has 2 rings (SSSR count). The number of carbonyl (C=O) groups excluding carboxylic acids is 1. The summed E-state index contributed by atoms with van der Waals surface area (Å²) < 4.78 is 6.41. The summed E-state index contributed by atoms with van der Waals surface area (Å²) in [7, 11) is 0. The highest BCUT2D eigenvalue weighted by Crippen LogP contribution is 2.31. The van der Waals surface area contributed by atoms with Gasteiger partial charge < -0.3 is 15.2 Å². The smallest absolute Gasteiger partial charge is 0.339 e.